The van der Waals surface area contributed by atoms with E-state index in [1.165, 1.54) is 12.6 Å². The van der Waals surface area contributed by atoms with Crippen LogP contribution in [-0.4, -0.2) is 69.5 Å². The summed E-state index contributed by atoms with van der Waals surface area (Å²) in [5.41, 5.74) is 0.949. The van der Waals surface area contributed by atoms with Crippen LogP contribution in [0.15, 0.2) is 47.5 Å². The molecule has 28 heavy (non-hydrogen) atoms. The van der Waals surface area contributed by atoms with Crippen molar-refractivity contribution in [3.63, 3.8) is 0 Å². The molecule has 3 aromatic rings. The Hall–Kier alpha value is -3.13. The second kappa shape index (κ2) is 6.20. The van der Waals surface area contributed by atoms with Crippen LogP contribution in [-0.2, 0) is 0 Å². The summed E-state index contributed by atoms with van der Waals surface area (Å²) in [7, 11) is 0. The number of para-hydroxylation sites is 1. The maximum Gasteiger partial charge on any atom is 0.291 e. The first-order chi connectivity index (χ1) is 13.6. The van der Waals surface area contributed by atoms with Crippen LogP contribution >= 0.6 is 0 Å². The number of H-pyrrole nitrogens is 1. The number of amides is 2. The van der Waals surface area contributed by atoms with Gasteiger partial charge in [0.15, 0.2) is 6.39 Å². The largest absolute Gasteiger partial charge is 0.438 e. The van der Waals surface area contributed by atoms with E-state index in [1.54, 1.807) is 9.80 Å². The Balaban J connectivity index is 1.37. The Morgan fingerprint density at radius 1 is 1.21 bits per heavy atom. The number of likely N-dealkylation sites (tertiary alicyclic amines) is 2. The molecule has 2 amide bonds. The van der Waals surface area contributed by atoms with Gasteiger partial charge in [0.2, 0.25) is 5.76 Å². The van der Waals surface area contributed by atoms with Gasteiger partial charge in [0.25, 0.3) is 11.8 Å². The van der Waals surface area contributed by atoms with Crippen molar-refractivity contribution >= 4 is 22.7 Å². The Morgan fingerprint density at radius 3 is 2.68 bits per heavy atom. The summed E-state index contributed by atoms with van der Waals surface area (Å²) in [6.45, 7) is 1.73. The van der Waals surface area contributed by atoms with Crippen molar-refractivity contribution in [3.05, 3.63) is 54.4 Å². The third kappa shape index (κ3) is 2.45. The number of nitrogens with zero attached hydrogens (tertiary/aromatic N) is 3. The van der Waals surface area contributed by atoms with Gasteiger partial charge in [-0.3, -0.25) is 9.59 Å². The first kappa shape index (κ1) is 17.0. The summed E-state index contributed by atoms with van der Waals surface area (Å²) >= 11 is 0. The summed E-state index contributed by atoms with van der Waals surface area (Å²) in [5.74, 6) is -0.0623. The maximum atomic E-state index is 13.2. The van der Waals surface area contributed by atoms with Gasteiger partial charge in [-0.05, 0) is 12.1 Å². The van der Waals surface area contributed by atoms with Crippen molar-refractivity contribution in [1.29, 1.82) is 0 Å². The van der Waals surface area contributed by atoms with E-state index in [2.05, 4.69) is 9.97 Å². The van der Waals surface area contributed by atoms with E-state index in [-0.39, 0.29) is 30.1 Å². The van der Waals surface area contributed by atoms with Crippen molar-refractivity contribution in [1.82, 2.24) is 19.8 Å². The fourth-order valence-electron chi connectivity index (χ4n) is 4.62. The zero-order valence-corrected chi connectivity index (χ0v) is 15.2. The number of carbonyl (C=O) groups is 2. The zero-order valence-electron chi connectivity index (χ0n) is 15.2. The van der Waals surface area contributed by atoms with Crippen molar-refractivity contribution in [2.24, 2.45) is 11.3 Å². The summed E-state index contributed by atoms with van der Waals surface area (Å²) in [6, 6.07) is 7.59. The predicted octanol–water partition coefficient (Wildman–Crippen LogP) is 1.36. The number of benzene rings is 1. The van der Waals surface area contributed by atoms with Crippen LogP contribution in [0.25, 0.3) is 10.9 Å². The Kier molecular flexibility index (Phi) is 3.77. The molecule has 2 saturated heterocycles. The molecule has 2 N–H and O–H groups in total. The topological polar surface area (TPSA) is 103 Å². The lowest BCUT2D eigenvalue weighted by Crippen LogP contribution is -2.40. The van der Waals surface area contributed by atoms with Crippen LogP contribution in [0.3, 0.4) is 0 Å². The third-order valence-corrected chi connectivity index (χ3v) is 6.11. The van der Waals surface area contributed by atoms with Gasteiger partial charge in [0, 0.05) is 49.1 Å². The summed E-state index contributed by atoms with van der Waals surface area (Å²) in [4.78, 5) is 36.2. The molecule has 2 aliphatic rings. The van der Waals surface area contributed by atoms with E-state index < -0.39 is 5.41 Å². The number of hydrogen-bond donors (Lipinski definition) is 2. The molecule has 2 aliphatic heterocycles. The standard InChI is InChI=1S/C20H20N4O4/c25-11-20-9-23(18(26)15-3-1-2-13-4-5-22-17(13)15)7-14(20)8-24(10-20)19(27)16-6-21-12-28-16/h1-6,12,14,22,25H,7-11H2/t14-,20+/m1/s1. The molecular formula is C20H20N4O4. The van der Waals surface area contributed by atoms with E-state index in [1.807, 2.05) is 30.5 Å². The van der Waals surface area contributed by atoms with Gasteiger partial charge in [0.05, 0.1) is 23.9 Å². The van der Waals surface area contributed by atoms with E-state index in [0.717, 1.165) is 10.9 Å². The van der Waals surface area contributed by atoms with Crippen LogP contribution in [0.5, 0.6) is 0 Å². The van der Waals surface area contributed by atoms with Crippen molar-refractivity contribution in [2.75, 3.05) is 32.8 Å². The van der Waals surface area contributed by atoms with Crippen molar-refractivity contribution in [3.8, 4) is 0 Å². The lowest BCUT2D eigenvalue weighted by atomic mass is 9.82. The van der Waals surface area contributed by atoms with E-state index >= 15 is 0 Å². The van der Waals surface area contributed by atoms with Crippen LogP contribution in [0.2, 0.25) is 0 Å². The van der Waals surface area contributed by atoms with Crippen LogP contribution in [0.4, 0.5) is 0 Å². The molecule has 5 rings (SSSR count). The number of fused-ring (bicyclic) bond motifs is 2. The van der Waals surface area contributed by atoms with Gasteiger partial charge < -0.3 is 24.3 Å². The van der Waals surface area contributed by atoms with Gasteiger partial charge in [-0.2, -0.15) is 0 Å². The normalized spacial score (nSPS) is 24.1. The van der Waals surface area contributed by atoms with E-state index in [0.29, 0.717) is 31.7 Å². The SMILES string of the molecule is O=C(c1cnco1)N1C[C@H]2CN(C(=O)c3cccc4cc[nH]c34)C[C@@]2(CO)C1. The highest BCUT2D eigenvalue weighted by Crippen LogP contribution is 2.43. The number of carbonyl (C=O) groups excluding carboxylic acids is 2. The molecule has 0 aliphatic carbocycles. The molecule has 1 aromatic carbocycles. The molecule has 8 nitrogen and oxygen atoms in total. The molecule has 0 unspecified atom stereocenters. The number of aromatic amines is 1. The number of aromatic nitrogens is 2. The van der Waals surface area contributed by atoms with E-state index in [4.69, 9.17) is 4.42 Å². The van der Waals surface area contributed by atoms with Gasteiger partial charge in [-0.15, -0.1) is 0 Å². The molecule has 2 atom stereocenters. The summed E-state index contributed by atoms with van der Waals surface area (Å²) in [5, 5.41) is 11.1. The molecular weight excluding hydrogens is 360 g/mol. The van der Waals surface area contributed by atoms with Crippen molar-refractivity contribution < 1.29 is 19.1 Å². The molecule has 2 fully saturated rings. The Bertz CT molecular complexity index is 1040. The molecule has 0 radical (unpaired) electrons. The monoisotopic (exact) mass is 380 g/mol. The van der Waals surface area contributed by atoms with Crippen molar-refractivity contribution in [2.45, 2.75) is 0 Å². The molecule has 0 saturated carbocycles. The Morgan fingerprint density at radius 2 is 2.00 bits per heavy atom. The highest BCUT2D eigenvalue weighted by molar-refractivity contribution is 6.05. The average molecular weight is 380 g/mol. The summed E-state index contributed by atoms with van der Waals surface area (Å²) < 4.78 is 5.11. The highest BCUT2D eigenvalue weighted by atomic mass is 16.3. The number of rotatable bonds is 3. The lowest BCUT2D eigenvalue weighted by molar-refractivity contribution is 0.0650. The smallest absolute Gasteiger partial charge is 0.291 e. The van der Waals surface area contributed by atoms with Crippen LogP contribution in [0, 0.1) is 11.3 Å². The second-order valence-corrected chi connectivity index (χ2v) is 7.70. The predicted molar refractivity (Wildman–Crippen MR) is 99.6 cm³/mol. The molecule has 0 bridgehead atoms. The molecule has 0 spiro atoms. The quantitative estimate of drug-likeness (QED) is 0.714. The number of oxazole rings is 1. The minimum atomic E-state index is -0.505. The third-order valence-electron chi connectivity index (χ3n) is 6.11. The minimum Gasteiger partial charge on any atom is -0.438 e. The average Bonchev–Trinajstić information content (AvgIpc) is 3.48. The minimum absolute atomic E-state index is 0.0242. The number of aliphatic hydroxyl groups excluding tert-OH is 1. The van der Waals surface area contributed by atoms with Gasteiger partial charge >= 0.3 is 0 Å². The lowest BCUT2D eigenvalue weighted by Gasteiger charge is -2.27. The van der Waals surface area contributed by atoms with Gasteiger partial charge in [-0.1, -0.05) is 12.1 Å². The zero-order chi connectivity index (χ0) is 19.3. The maximum absolute atomic E-state index is 13.2. The molecule has 2 aromatic heterocycles. The summed E-state index contributed by atoms with van der Waals surface area (Å²) in [6.07, 6.45) is 4.45. The fourth-order valence-corrected chi connectivity index (χ4v) is 4.62. The number of aliphatic hydroxyl groups is 1. The molecule has 4 heterocycles. The van der Waals surface area contributed by atoms with Gasteiger partial charge in [-0.25, -0.2) is 4.98 Å². The Labute approximate surface area is 160 Å². The second-order valence-electron chi connectivity index (χ2n) is 7.70. The number of nitrogens with one attached hydrogen (secondary N) is 1. The van der Waals surface area contributed by atoms with Crippen LogP contribution in [0.1, 0.15) is 20.9 Å². The van der Waals surface area contributed by atoms with E-state index in [9.17, 15) is 14.7 Å². The first-order valence-corrected chi connectivity index (χ1v) is 9.25. The molecule has 144 valence electrons. The highest BCUT2D eigenvalue weighted by Gasteiger charge is 2.54. The number of hydrogen-bond acceptors (Lipinski definition) is 5. The molecule has 8 heteroatoms. The first-order valence-electron chi connectivity index (χ1n) is 9.25. The van der Waals surface area contributed by atoms with Crippen LogP contribution < -0.4 is 0 Å². The van der Waals surface area contributed by atoms with Gasteiger partial charge in [0.1, 0.15) is 0 Å². The fraction of sp³-hybridized carbons (Fsp3) is 0.350.